The van der Waals surface area contributed by atoms with E-state index in [-0.39, 0.29) is 5.91 Å². The highest BCUT2D eigenvalue weighted by atomic mass is 32.1. The molecule has 4 N–H and O–H groups in total. The van der Waals surface area contributed by atoms with Crippen molar-refractivity contribution in [2.75, 3.05) is 5.32 Å². The number of aromatic amines is 1. The van der Waals surface area contributed by atoms with Crippen LogP contribution >= 0.6 is 11.3 Å². The van der Waals surface area contributed by atoms with Gasteiger partial charge in [-0.25, -0.2) is 0 Å². The number of para-hydroxylation sites is 1. The van der Waals surface area contributed by atoms with E-state index in [2.05, 4.69) is 10.3 Å². The van der Waals surface area contributed by atoms with E-state index in [1.807, 2.05) is 47.3 Å². The molecule has 0 saturated carbocycles. The third-order valence-corrected chi connectivity index (χ3v) is 3.92. The maximum Gasteiger partial charge on any atom is 0.241 e. The molecule has 0 aliphatic carbocycles. The average molecular weight is 285 g/mol. The lowest BCUT2D eigenvalue weighted by Gasteiger charge is -2.10. The van der Waals surface area contributed by atoms with Crippen molar-refractivity contribution in [3.8, 4) is 0 Å². The van der Waals surface area contributed by atoms with Crippen LogP contribution in [0.3, 0.4) is 0 Å². The molecule has 1 amide bonds. The molecule has 0 bridgehead atoms. The lowest BCUT2D eigenvalue weighted by atomic mass is 10.1. The molecule has 0 aliphatic rings. The summed E-state index contributed by atoms with van der Waals surface area (Å²) in [4.78, 5) is 15.2. The van der Waals surface area contributed by atoms with Gasteiger partial charge in [-0.3, -0.25) is 4.79 Å². The van der Waals surface area contributed by atoms with Gasteiger partial charge in [0, 0.05) is 22.5 Å². The number of carbonyl (C=O) groups excluding carboxylic acids is 1. The Morgan fingerprint density at radius 3 is 3.00 bits per heavy atom. The molecule has 0 unspecified atom stereocenters. The number of hydrogen-bond acceptors (Lipinski definition) is 3. The molecule has 1 atom stereocenters. The summed E-state index contributed by atoms with van der Waals surface area (Å²) in [6.07, 6.45) is 2.43. The lowest BCUT2D eigenvalue weighted by molar-refractivity contribution is -0.117. The smallest absolute Gasteiger partial charge is 0.241 e. The summed E-state index contributed by atoms with van der Waals surface area (Å²) >= 11 is 1.54. The summed E-state index contributed by atoms with van der Waals surface area (Å²) in [6.45, 7) is 0. The lowest BCUT2D eigenvalue weighted by Crippen LogP contribution is -2.37. The minimum absolute atomic E-state index is 0.159. The Hall–Kier alpha value is -2.11. The summed E-state index contributed by atoms with van der Waals surface area (Å²) in [5.74, 6) is -0.159. The Balaban J connectivity index is 1.72. The van der Waals surface area contributed by atoms with Crippen LogP contribution in [0.5, 0.6) is 0 Å². The van der Waals surface area contributed by atoms with Crippen LogP contribution in [0, 0.1) is 0 Å². The van der Waals surface area contributed by atoms with E-state index < -0.39 is 6.04 Å². The molecule has 0 saturated heterocycles. The van der Waals surface area contributed by atoms with Crippen molar-refractivity contribution in [2.45, 2.75) is 12.5 Å². The van der Waals surface area contributed by atoms with Crippen LogP contribution < -0.4 is 11.1 Å². The van der Waals surface area contributed by atoms with E-state index >= 15 is 0 Å². The van der Waals surface area contributed by atoms with E-state index in [1.54, 1.807) is 0 Å². The second-order valence-electron chi connectivity index (χ2n) is 4.67. The van der Waals surface area contributed by atoms with E-state index in [0.29, 0.717) is 6.42 Å². The first kappa shape index (κ1) is 12.9. The zero-order valence-corrected chi connectivity index (χ0v) is 11.6. The fraction of sp³-hybridized carbons (Fsp3) is 0.133. The number of nitrogens with two attached hydrogens (primary N) is 1. The third-order valence-electron chi connectivity index (χ3n) is 3.24. The summed E-state index contributed by atoms with van der Waals surface area (Å²) in [5, 5.41) is 7.74. The zero-order chi connectivity index (χ0) is 13.9. The van der Waals surface area contributed by atoms with Gasteiger partial charge in [0.1, 0.15) is 0 Å². The number of anilines is 1. The van der Waals surface area contributed by atoms with E-state index in [1.165, 1.54) is 11.3 Å². The van der Waals surface area contributed by atoms with Crippen LogP contribution in [-0.2, 0) is 11.2 Å². The number of benzene rings is 1. The highest BCUT2D eigenvalue weighted by Crippen LogP contribution is 2.19. The first-order valence-electron chi connectivity index (χ1n) is 6.37. The summed E-state index contributed by atoms with van der Waals surface area (Å²) in [7, 11) is 0. The van der Waals surface area contributed by atoms with Crippen LogP contribution in [0.2, 0.25) is 0 Å². The molecule has 3 rings (SSSR count). The molecular formula is C15H15N3OS. The molecule has 3 aromatic rings. The van der Waals surface area contributed by atoms with Crippen LogP contribution in [-0.4, -0.2) is 16.9 Å². The molecular weight excluding hydrogens is 270 g/mol. The number of thiophene rings is 1. The van der Waals surface area contributed by atoms with Crippen LogP contribution in [0.1, 0.15) is 5.56 Å². The molecule has 5 heteroatoms. The van der Waals surface area contributed by atoms with Gasteiger partial charge in [-0.05, 0) is 29.5 Å². The van der Waals surface area contributed by atoms with Gasteiger partial charge in [0.05, 0.1) is 11.7 Å². The van der Waals surface area contributed by atoms with Crippen molar-refractivity contribution in [3.05, 3.63) is 52.9 Å². The van der Waals surface area contributed by atoms with Crippen molar-refractivity contribution in [1.29, 1.82) is 0 Å². The largest absolute Gasteiger partial charge is 0.361 e. The number of fused-ring (bicyclic) bond motifs is 1. The van der Waals surface area contributed by atoms with Gasteiger partial charge in [0.15, 0.2) is 0 Å². The Morgan fingerprint density at radius 2 is 2.20 bits per heavy atom. The van der Waals surface area contributed by atoms with Crippen LogP contribution in [0.4, 0.5) is 5.69 Å². The predicted molar refractivity (Wildman–Crippen MR) is 82.9 cm³/mol. The van der Waals surface area contributed by atoms with Crippen molar-refractivity contribution < 1.29 is 4.79 Å². The molecule has 2 heterocycles. The van der Waals surface area contributed by atoms with Gasteiger partial charge in [0.2, 0.25) is 5.91 Å². The van der Waals surface area contributed by atoms with Gasteiger partial charge >= 0.3 is 0 Å². The maximum absolute atomic E-state index is 12.0. The molecule has 0 aliphatic heterocycles. The zero-order valence-electron chi connectivity index (χ0n) is 10.8. The number of amides is 1. The number of nitrogens with one attached hydrogen (secondary N) is 2. The summed E-state index contributed by atoms with van der Waals surface area (Å²) < 4.78 is 0. The highest BCUT2D eigenvalue weighted by Gasteiger charge is 2.16. The summed E-state index contributed by atoms with van der Waals surface area (Å²) in [5.41, 5.74) is 8.92. The number of rotatable bonds is 4. The fourth-order valence-electron chi connectivity index (χ4n) is 2.20. The maximum atomic E-state index is 12.0. The number of aromatic nitrogens is 1. The van der Waals surface area contributed by atoms with E-state index in [9.17, 15) is 4.79 Å². The third kappa shape index (κ3) is 2.59. The standard InChI is InChI=1S/C15H15N3OS/c16-13(15(19)18-11-5-6-20-9-11)7-10-8-17-14-4-2-1-3-12(10)14/h1-6,8-9,13,17H,7,16H2,(H,18,19)/t13-/m0/s1. The van der Waals surface area contributed by atoms with Crippen LogP contribution in [0.25, 0.3) is 10.9 Å². The van der Waals surface area contributed by atoms with Crippen LogP contribution in [0.15, 0.2) is 47.3 Å². The molecule has 102 valence electrons. The normalized spacial score (nSPS) is 12.4. The number of carbonyl (C=O) groups is 1. The molecule has 0 spiro atoms. The minimum atomic E-state index is -0.561. The SMILES string of the molecule is N[C@@H](Cc1c[nH]c2ccccc12)C(=O)Nc1ccsc1. The molecule has 0 fully saturated rings. The average Bonchev–Trinajstić information content (AvgIpc) is 3.09. The molecule has 4 nitrogen and oxygen atoms in total. The summed E-state index contributed by atoms with van der Waals surface area (Å²) in [6, 6.07) is 9.30. The van der Waals surface area contributed by atoms with Gasteiger partial charge in [-0.15, -0.1) is 0 Å². The number of H-pyrrole nitrogens is 1. The van der Waals surface area contributed by atoms with Gasteiger partial charge in [-0.1, -0.05) is 18.2 Å². The minimum Gasteiger partial charge on any atom is -0.361 e. The first-order chi connectivity index (χ1) is 9.74. The first-order valence-corrected chi connectivity index (χ1v) is 7.32. The Bertz CT molecular complexity index is 718. The molecule has 20 heavy (non-hydrogen) atoms. The topological polar surface area (TPSA) is 70.9 Å². The Morgan fingerprint density at radius 1 is 1.35 bits per heavy atom. The molecule has 1 aromatic carbocycles. The van der Waals surface area contributed by atoms with Crippen molar-refractivity contribution >= 4 is 33.8 Å². The number of hydrogen-bond donors (Lipinski definition) is 3. The Labute approximate surface area is 120 Å². The predicted octanol–water partition coefficient (Wildman–Crippen LogP) is 2.74. The van der Waals surface area contributed by atoms with Gasteiger partial charge < -0.3 is 16.0 Å². The van der Waals surface area contributed by atoms with Gasteiger partial charge in [0.25, 0.3) is 0 Å². The second kappa shape index (κ2) is 5.48. The molecule has 0 radical (unpaired) electrons. The van der Waals surface area contributed by atoms with Crippen molar-refractivity contribution in [3.63, 3.8) is 0 Å². The quantitative estimate of drug-likeness (QED) is 0.689. The fourth-order valence-corrected chi connectivity index (χ4v) is 2.79. The monoisotopic (exact) mass is 285 g/mol. The molecule has 2 aromatic heterocycles. The second-order valence-corrected chi connectivity index (χ2v) is 5.45. The van der Waals surface area contributed by atoms with E-state index in [4.69, 9.17) is 5.73 Å². The van der Waals surface area contributed by atoms with E-state index in [0.717, 1.165) is 22.2 Å². The highest BCUT2D eigenvalue weighted by molar-refractivity contribution is 7.08. The van der Waals surface area contributed by atoms with Gasteiger partial charge in [-0.2, -0.15) is 11.3 Å². The van der Waals surface area contributed by atoms with Crippen molar-refractivity contribution in [2.24, 2.45) is 5.73 Å². The van der Waals surface area contributed by atoms with Crippen molar-refractivity contribution in [1.82, 2.24) is 4.98 Å². The Kier molecular flexibility index (Phi) is 3.54.